The summed E-state index contributed by atoms with van der Waals surface area (Å²) in [5.41, 5.74) is 2.90. The van der Waals surface area contributed by atoms with E-state index in [2.05, 4.69) is 9.89 Å². The van der Waals surface area contributed by atoms with E-state index in [4.69, 9.17) is 28.3 Å². The average molecular weight is 411 g/mol. The summed E-state index contributed by atoms with van der Waals surface area (Å²) < 4.78 is 0. The van der Waals surface area contributed by atoms with Crippen LogP contribution in [0, 0.1) is 0 Å². The van der Waals surface area contributed by atoms with Gasteiger partial charge < -0.3 is 10.0 Å². The Labute approximate surface area is 167 Å². The lowest BCUT2D eigenvalue weighted by Crippen LogP contribution is -2.27. The lowest BCUT2D eigenvalue weighted by atomic mass is 10.2. The Morgan fingerprint density at radius 3 is 2.19 bits per heavy atom. The minimum Gasteiger partial charge on any atom is -0.481 e. The number of hydrogen-bond donors (Lipinski definition) is 1. The molecule has 1 N–H and O–H groups in total. The Bertz CT molecular complexity index is 715. The summed E-state index contributed by atoms with van der Waals surface area (Å²) in [5.74, 6) is 0.345. The van der Waals surface area contributed by atoms with Crippen LogP contribution >= 0.6 is 35.0 Å². The highest BCUT2D eigenvalue weighted by Crippen LogP contribution is 2.22. The number of alkyl halides is 2. The van der Waals surface area contributed by atoms with Gasteiger partial charge in [-0.05, 0) is 42.0 Å². The lowest BCUT2D eigenvalue weighted by molar-refractivity contribution is -0.133. The van der Waals surface area contributed by atoms with Gasteiger partial charge in [-0.25, -0.2) is 0 Å². The fourth-order valence-corrected chi connectivity index (χ4v) is 3.29. The second-order valence-electron chi connectivity index (χ2n) is 5.39. The molecule has 0 saturated carbocycles. The van der Waals surface area contributed by atoms with Crippen LogP contribution in [0.15, 0.2) is 58.4 Å². The van der Waals surface area contributed by atoms with Gasteiger partial charge in [-0.15, -0.1) is 35.0 Å². The predicted octanol–water partition coefficient (Wildman–Crippen LogP) is 4.90. The Kier molecular flexibility index (Phi) is 8.81. The Balaban J connectivity index is 1.98. The molecule has 2 aromatic carbocycles. The van der Waals surface area contributed by atoms with Gasteiger partial charge in [0.15, 0.2) is 0 Å². The van der Waals surface area contributed by atoms with E-state index in [0.717, 1.165) is 34.9 Å². The predicted molar refractivity (Wildman–Crippen MR) is 112 cm³/mol. The molecule has 0 amide bonds. The number of carboxylic acids is 1. The molecule has 0 saturated heterocycles. The molecule has 138 valence electrons. The van der Waals surface area contributed by atoms with Crippen molar-refractivity contribution in [1.82, 2.24) is 0 Å². The Morgan fingerprint density at radius 2 is 1.65 bits per heavy atom. The van der Waals surface area contributed by atoms with E-state index in [1.807, 2.05) is 48.5 Å². The molecule has 0 fully saturated rings. The molecule has 0 atom stereocenters. The van der Waals surface area contributed by atoms with E-state index in [-0.39, 0.29) is 5.75 Å². The fraction of sp³-hybridized carbons (Fsp3) is 0.263. The number of aliphatic carboxylic acids is 1. The van der Waals surface area contributed by atoms with Gasteiger partial charge in [-0.3, -0.25) is 9.79 Å². The first-order chi connectivity index (χ1) is 12.6. The highest BCUT2D eigenvalue weighted by molar-refractivity contribution is 8.00. The largest absolute Gasteiger partial charge is 0.481 e. The molecule has 7 heteroatoms. The fourth-order valence-electron chi connectivity index (χ4n) is 2.27. The van der Waals surface area contributed by atoms with Crippen LogP contribution in [0.4, 0.5) is 11.4 Å². The summed E-state index contributed by atoms with van der Waals surface area (Å²) in [6.07, 6.45) is 1.80. The summed E-state index contributed by atoms with van der Waals surface area (Å²) in [5, 5.41) is 8.69. The molecule has 0 aliphatic carbocycles. The van der Waals surface area contributed by atoms with Gasteiger partial charge in [0.25, 0.3) is 0 Å². The minimum absolute atomic E-state index is 0.0550. The van der Waals surface area contributed by atoms with E-state index >= 15 is 0 Å². The number of nitrogens with zero attached hydrogens (tertiary/aromatic N) is 2. The molecule has 0 spiro atoms. The van der Waals surface area contributed by atoms with Gasteiger partial charge in [-0.2, -0.15) is 0 Å². The monoisotopic (exact) mass is 410 g/mol. The zero-order chi connectivity index (χ0) is 18.8. The molecule has 26 heavy (non-hydrogen) atoms. The van der Waals surface area contributed by atoms with E-state index in [1.54, 1.807) is 6.21 Å². The first kappa shape index (κ1) is 20.6. The van der Waals surface area contributed by atoms with Crippen molar-refractivity contribution in [3.63, 3.8) is 0 Å². The van der Waals surface area contributed by atoms with E-state index in [0.29, 0.717) is 11.8 Å². The summed E-state index contributed by atoms with van der Waals surface area (Å²) in [7, 11) is 0. The third-order valence-electron chi connectivity index (χ3n) is 3.53. The van der Waals surface area contributed by atoms with Crippen LogP contribution < -0.4 is 4.90 Å². The number of halogens is 2. The maximum absolute atomic E-state index is 10.6. The second kappa shape index (κ2) is 11.1. The van der Waals surface area contributed by atoms with Gasteiger partial charge in [0.05, 0.1) is 11.4 Å². The summed E-state index contributed by atoms with van der Waals surface area (Å²) >= 11 is 13.0. The van der Waals surface area contributed by atoms with Crippen LogP contribution in [0.2, 0.25) is 0 Å². The molecule has 0 aromatic heterocycles. The Hall–Kier alpha value is -1.69. The third-order valence-corrected chi connectivity index (χ3v) is 4.86. The van der Waals surface area contributed by atoms with Crippen molar-refractivity contribution >= 4 is 58.5 Å². The van der Waals surface area contributed by atoms with Crippen molar-refractivity contribution in [2.45, 2.75) is 4.90 Å². The van der Waals surface area contributed by atoms with Crippen molar-refractivity contribution in [1.29, 1.82) is 0 Å². The molecular weight excluding hydrogens is 391 g/mol. The van der Waals surface area contributed by atoms with Crippen LogP contribution in [0.3, 0.4) is 0 Å². The second-order valence-corrected chi connectivity index (χ2v) is 7.20. The van der Waals surface area contributed by atoms with E-state index in [1.165, 1.54) is 11.8 Å². The number of thioether (sulfide) groups is 1. The number of anilines is 1. The van der Waals surface area contributed by atoms with Gasteiger partial charge in [-0.1, -0.05) is 12.1 Å². The number of rotatable bonds is 10. The zero-order valence-corrected chi connectivity index (χ0v) is 16.5. The van der Waals surface area contributed by atoms with Crippen LogP contribution in [0.25, 0.3) is 0 Å². The summed E-state index contributed by atoms with van der Waals surface area (Å²) in [4.78, 5) is 18.1. The SMILES string of the molecule is O=C(O)CSc1ccc(N=Cc2ccc(N(CCCl)CCCl)cc2)cc1. The highest BCUT2D eigenvalue weighted by atomic mass is 35.5. The van der Waals surface area contributed by atoms with Gasteiger partial charge in [0, 0.05) is 41.6 Å². The van der Waals surface area contributed by atoms with Crippen molar-refractivity contribution in [3.8, 4) is 0 Å². The summed E-state index contributed by atoms with van der Waals surface area (Å²) in [6, 6.07) is 15.6. The molecule has 0 aliphatic rings. The van der Waals surface area contributed by atoms with Crippen molar-refractivity contribution < 1.29 is 9.90 Å². The van der Waals surface area contributed by atoms with Crippen molar-refractivity contribution in [2.24, 2.45) is 4.99 Å². The average Bonchev–Trinajstić information content (AvgIpc) is 2.66. The smallest absolute Gasteiger partial charge is 0.313 e. The Morgan fingerprint density at radius 1 is 1.04 bits per heavy atom. The van der Waals surface area contributed by atoms with Crippen LogP contribution in [0.5, 0.6) is 0 Å². The molecular formula is C19H20Cl2N2O2S. The molecule has 2 rings (SSSR count). The molecule has 2 aromatic rings. The van der Waals surface area contributed by atoms with Gasteiger partial charge >= 0.3 is 5.97 Å². The van der Waals surface area contributed by atoms with Crippen LogP contribution in [-0.2, 0) is 4.79 Å². The van der Waals surface area contributed by atoms with E-state index < -0.39 is 5.97 Å². The maximum Gasteiger partial charge on any atom is 0.313 e. The molecule has 0 heterocycles. The number of aliphatic imine (C=N–C) groups is 1. The lowest BCUT2D eigenvalue weighted by Gasteiger charge is -2.22. The number of carbonyl (C=O) groups is 1. The van der Waals surface area contributed by atoms with Crippen molar-refractivity contribution in [2.75, 3.05) is 35.5 Å². The topological polar surface area (TPSA) is 52.9 Å². The third kappa shape index (κ3) is 6.90. The maximum atomic E-state index is 10.6. The number of hydrogen-bond acceptors (Lipinski definition) is 4. The number of benzene rings is 2. The first-order valence-corrected chi connectivity index (χ1v) is 10.1. The van der Waals surface area contributed by atoms with E-state index in [9.17, 15) is 4.79 Å². The molecule has 0 aliphatic heterocycles. The molecule has 0 bridgehead atoms. The highest BCUT2D eigenvalue weighted by Gasteiger charge is 2.04. The zero-order valence-electron chi connectivity index (χ0n) is 14.1. The standard InChI is InChI=1S/C19H20Cl2N2O2S/c20-9-11-23(12-10-21)17-5-1-15(2-6-17)13-22-16-3-7-18(8-4-16)26-14-19(24)25/h1-8,13H,9-12,14H2,(H,24,25). The normalized spacial score (nSPS) is 11.0. The molecule has 0 radical (unpaired) electrons. The molecule has 4 nitrogen and oxygen atoms in total. The quantitative estimate of drug-likeness (QED) is 0.343. The summed E-state index contributed by atoms with van der Waals surface area (Å²) in [6.45, 7) is 1.52. The van der Waals surface area contributed by atoms with Gasteiger partial charge in [0.1, 0.15) is 0 Å². The van der Waals surface area contributed by atoms with Crippen LogP contribution in [0.1, 0.15) is 5.56 Å². The van der Waals surface area contributed by atoms with Crippen LogP contribution in [-0.4, -0.2) is 47.9 Å². The number of carboxylic acid groups (broad SMARTS) is 1. The molecule has 0 unspecified atom stereocenters. The minimum atomic E-state index is -0.823. The van der Waals surface area contributed by atoms with Gasteiger partial charge in [0.2, 0.25) is 0 Å². The van der Waals surface area contributed by atoms with Crippen molar-refractivity contribution in [3.05, 3.63) is 54.1 Å². The first-order valence-electron chi connectivity index (χ1n) is 8.08.